The summed E-state index contributed by atoms with van der Waals surface area (Å²) in [5.74, 6) is 0.126. The SMILES string of the molecule is O=C(Nc1ccc(Nc2cc(Nc3ccccc3)ncn2)cc1)Nc1cc(C(F)(F)F)ccc1F. The topological polar surface area (TPSA) is 91.0 Å². The first-order valence-electron chi connectivity index (χ1n) is 10.2. The maximum Gasteiger partial charge on any atom is 0.416 e. The van der Waals surface area contributed by atoms with Crippen LogP contribution in [0.4, 0.5) is 56.7 Å². The lowest BCUT2D eigenvalue weighted by Crippen LogP contribution is -2.20. The van der Waals surface area contributed by atoms with Crippen molar-refractivity contribution in [2.24, 2.45) is 0 Å². The molecule has 11 heteroatoms. The molecule has 0 unspecified atom stereocenters. The number of halogens is 4. The smallest absolute Gasteiger partial charge is 0.340 e. The van der Waals surface area contributed by atoms with E-state index in [1.807, 2.05) is 30.3 Å². The highest BCUT2D eigenvalue weighted by atomic mass is 19.4. The average Bonchev–Trinajstić information content (AvgIpc) is 2.82. The molecule has 0 saturated heterocycles. The quantitative estimate of drug-likeness (QED) is 0.228. The molecule has 0 fully saturated rings. The Hall–Kier alpha value is -4.67. The highest BCUT2D eigenvalue weighted by Gasteiger charge is 2.31. The molecule has 0 atom stereocenters. The first-order chi connectivity index (χ1) is 16.8. The predicted octanol–water partition coefficient (Wildman–Crippen LogP) is 6.77. The number of nitrogens with one attached hydrogen (secondary N) is 4. The number of carbonyl (C=O) groups excluding carboxylic acids is 1. The summed E-state index contributed by atoms with van der Waals surface area (Å²) in [6, 6.07) is 18.6. The second-order valence-corrected chi connectivity index (χ2v) is 7.25. The minimum Gasteiger partial charge on any atom is -0.340 e. The Balaban J connectivity index is 1.37. The van der Waals surface area contributed by atoms with Gasteiger partial charge in [0, 0.05) is 23.1 Å². The largest absolute Gasteiger partial charge is 0.416 e. The molecule has 7 nitrogen and oxygen atoms in total. The first-order valence-corrected chi connectivity index (χ1v) is 10.2. The number of amides is 2. The number of para-hydroxylation sites is 1. The third kappa shape index (κ3) is 6.44. The monoisotopic (exact) mass is 482 g/mol. The van der Waals surface area contributed by atoms with E-state index in [1.54, 1.807) is 30.3 Å². The molecule has 4 aromatic rings. The average molecular weight is 482 g/mol. The molecule has 0 bridgehead atoms. The van der Waals surface area contributed by atoms with Gasteiger partial charge in [-0.1, -0.05) is 18.2 Å². The minimum absolute atomic E-state index is 0.342. The van der Waals surface area contributed by atoms with Gasteiger partial charge in [0.15, 0.2) is 0 Å². The molecule has 0 radical (unpaired) electrons. The second kappa shape index (κ2) is 10.1. The number of hydrogen-bond donors (Lipinski definition) is 4. The van der Waals surface area contributed by atoms with Crippen molar-refractivity contribution in [3.8, 4) is 0 Å². The summed E-state index contributed by atoms with van der Waals surface area (Å²) in [5.41, 5.74) is 0.213. The van der Waals surface area contributed by atoms with Crippen molar-refractivity contribution in [3.05, 3.63) is 96.6 Å². The first kappa shape index (κ1) is 23.5. The van der Waals surface area contributed by atoms with E-state index in [-0.39, 0.29) is 0 Å². The summed E-state index contributed by atoms with van der Waals surface area (Å²) in [4.78, 5) is 20.5. The molecule has 4 N–H and O–H groups in total. The highest BCUT2D eigenvalue weighted by Crippen LogP contribution is 2.32. The third-order valence-electron chi connectivity index (χ3n) is 4.67. The molecule has 0 aliphatic carbocycles. The maximum absolute atomic E-state index is 13.8. The Morgan fingerprint density at radius 2 is 1.31 bits per heavy atom. The van der Waals surface area contributed by atoms with Crippen LogP contribution in [0.1, 0.15) is 5.56 Å². The molecule has 2 amide bonds. The lowest BCUT2D eigenvalue weighted by atomic mass is 10.2. The van der Waals surface area contributed by atoms with Gasteiger partial charge in [-0.05, 0) is 54.6 Å². The fraction of sp³-hybridized carbons (Fsp3) is 0.0417. The fourth-order valence-corrected chi connectivity index (χ4v) is 3.03. The molecular formula is C24H18F4N6O. The van der Waals surface area contributed by atoms with Gasteiger partial charge in [0.1, 0.15) is 23.8 Å². The zero-order valence-corrected chi connectivity index (χ0v) is 17.9. The number of hydrogen-bond acceptors (Lipinski definition) is 5. The molecule has 1 aromatic heterocycles. The van der Waals surface area contributed by atoms with E-state index in [1.165, 1.54) is 6.33 Å². The van der Waals surface area contributed by atoms with Crippen molar-refractivity contribution in [1.29, 1.82) is 0 Å². The minimum atomic E-state index is -4.66. The Labute approximate surface area is 197 Å². The van der Waals surface area contributed by atoms with Crippen molar-refractivity contribution in [1.82, 2.24) is 9.97 Å². The zero-order chi connectivity index (χ0) is 24.8. The van der Waals surface area contributed by atoms with Crippen molar-refractivity contribution in [2.75, 3.05) is 21.3 Å². The number of aromatic nitrogens is 2. The zero-order valence-electron chi connectivity index (χ0n) is 17.9. The van der Waals surface area contributed by atoms with Crippen LogP contribution in [-0.2, 0) is 6.18 Å². The molecule has 0 saturated carbocycles. The Bertz CT molecular complexity index is 1310. The summed E-state index contributed by atoms with van der Waals surface area (Å²) >= 11 is 0. The van der Waals surface area contributed by atoms with Gasteiger partial charge < -0.3 is 21.3 Å². The van der Waals surface area contributed by atoms with Crippen LogP contribution in [0, 0.1) is 5.82 Å². The second-order valence-electron chi connectivity index (χ2n) is 7.25. The van der Waals surface area contributed by atoms with Crippen LogP contribution in [0.3, 0.4) is 0 Å². The number of alkyl halides is 3. The van der Waals surface area contributed by atoms with Crippen LogP contribution < -0.4 is 21.3 Å². The Kier molecular flexibility index (Phi) is 6.76. The van der Waals surface area contributed by atoms with Crippen LogP contribution in [0.2, 0.25) is 0 Å². The summed E-state index contributed by atoms with van der Waals surface area (Å²) in [6.07, 6.45) is -3.26. The van der Waals surface area contributed by atoms with Crippen LogP contribution in [0.25, 0.3) is 0 Å². The van der Waals surface area contributed by atoms with Gasteiger partial charge in [0.05, 0.1) is 11.3 Å². The number of nitrogens with zero attached hydrogens (tertiary/aromatic N) is 2. The lowest BCUT2D eigenvalue weighted by Gasteiger charge is -2.12. The molecule has 1 heterocycles. The van der Waals surface area contributed by atoms with Gasteiger partial charge in [-0.2, -0.15) is 13.2 Å². The van der Waals surface area contributed by atoms with E-state index < -0.39 is 29.3 Å². The summed E-state index contributed by atoms with van der Waals surface area (Å²) in [6.45, 7) is 0. The number of benzene rings is 3. The van der Waals surface area contributed by atoms with Gasteiger partial charge in [-0.25, -0.2) is 19.2 Å². The summed E-state index contributed by atoms with van der Waals surface area (Å²) in [7, 11) is 0. The van der Waals surface area contributed by atoms with Gasteiger partial charge in [0.25, 0.3) is 0 Å². The molecule has 0 spiro atoms. The number of anilines is 6. The molecule has 178 valence electrons. The number of rotatable bonds is 6. The maximum atomic E-state index is 13.8. The molecule has 4 rings (SSSR count). The van der Waals surface area contributed by atoms with Crippen molar-refractivity contribution in [3.63, 3.8) is 0 Å². The van der Waals surface area contributed by atoms with Crippen LogP contribution in [0.15, 0.2) is 85.2 Å². The normalized spacial score (nSPS) is 11.0. The molecule has 0 aliphatic rings. The van der Waals surface area contributed by atoms with E-state index in [0.29, 0.717) is 41.2 Å². The molecule has 35 heavy (non-hydrogen) atoms. The number of carbonyl (C=O) groups is 1. The number of urea groups is 1. The van der Waals surface area contributed by atoms with Crippen molar-refractivity contribution in [2.45, 2.75) is 6.18 Å². The molecular weight excluding hydrogens is 464 g/mol. The van der Waals surface area contributed by atoms with Crippen molar-refractivity contribution >= 4 is 40.4 Å². The summed E-state index contributed by atoms with van der Waals surface area (Å²) < 4.78 is 52.3. The van der Waals surface area contributed by atoms with Crippen LogP contribution >= 0.6 is 0 Å². The third-order valence-corrected chi connectivity index (χ3v) is 4.67. The fourth-order valence-electron chi connectivity index (χ4n) is 3.03. The van der Waals surface area contributed by atoms with E-state index in [4.69, 9.17) is 0 Å². The Morgan fingerprint density at radius 1 is 0.714 bits per heavy atom. The molecule has 0 aliphatic heterocycles. The van der Waals surface area contributed by atoms with E-state index in [2.05, 4.69) is 31.2 Å². The molecule has 3 aromatic carbocycles. The van der Waals surface area contributed by atoms with Gasteiger partial charge in [0.2, 0.25) is 0 Å². The lowest BCUT2D eigenvalue weighted by molar-refractivity contribution is -0.137. The predicted molar refractivity (Wildman–Crippen MR) is 126 cm³/mol. The summed E-state index contributed by atoms with van der Waals surface area (Å²) in [5, 5.41) is 10.8. The van der Waals surface area contributed by atoms with Gasteiger partial charge in [-0.3, -0.25) is 0 Å². The van der Waals surface area contributed by atoms with Gasteiger partial charge in [-0.15, -0.1) is 0 Å². The van der Waals surface area contributed by atoms with E-state index >= 15 is 0 Å². The van der Waals surface area contributed by atoms with E-state index in [9.17, 15) is 22.4 Å². The highest BCUT2D eigenvalue weighted by molar-refractivity contribution is 6.00. The van der Waals surface area contributed by atoms with E-state index in [0.717, 1.165) is 5.69 Å². The standard InChI is InChI=1S/C24H18F4N6O/c25-19-11-6-15(24(26,27)28)12-20(19)34-23(35)33-18-9-7-17(8-10-18)32-22-13-21(29-14-30-22)31-16-4-2-1-3-5-16/h1-14H,(H2,33,34,35)(H2,29,30,31,32). The van der Waals surface area contributed by atoms with Crippen LogP contribution in [0.5, 0.6) is 0 Å². The van der Waals surface area contributed by atoms with Gasteiger partial charge >= 0.3 is 12.2 Å². The van der Waals surface area contributed by atoms with Crippen LogP contribution in [-0.4, -0.2) is 16.0 Å². The van der Waals surface area contributed by atoms with Crippen molar-refractivity contribution < 1.29 is 22.4 Å². The Morgan fingerprint density at radius 3 is 1.94 bits per heavy atom.